The maximum Gasteiger partial charge on any atom is 0.270 e. The number of nitroso groups, excluding NO2 is 1. The predicted octanol–water partition coefficient (Wildman–Crippen LogP) is 6.38. The van der Waals surface area contributed by atoms with Crippen LogP contribution in [0.2, 0.25) is 10.0 Å². The Kier molecular flexibility index (Phi) is 10.4. The van der Waals surface area contributed by atoms with Crippen molar-refractivity contribution >= 4 is 34.8 Å². The van der Waals surface area contributed by atoms with Gasteiger partial charge in [0.05, 0.1) is 28.3 Å². The van der Waals surface area contributed by atoms with Gasteiger partial charge in [0.1, 0.15) is 18.8 Å². The van der Waals surface area contributed by atoms with E-state index in [0.29, 0.717) is 52.8 Å². The number of aromatic nitrogens is 2. The molecule has 13 nitrogen and oxygen atoms in total. The van der Waals surface area contributed by atoms with Crippen molar-refractivity contribution < 1.29 is 9.53 Å². The van der Waals surface area contributed by atoms with Crippen LogP contribution in [-0.4, -0.2) is 34.4 Å². The van der Waals surface area contributed by atoms with Crippen molar-refractivity contribution in [1.29, 1.82) is 0 Å². The van der Waals surface area contributed by atoms with Crippen molar-refractivity contribution in [2.75, 3.05) is 13.1 Å². The number of hydrogen-bond donors (Lipinski definition) is 1. The van der Waals surface area contributed by atoms with Gasteiger partial charge >= 0.3 is 0 Å². The first-order valence-electron chi connectivity index (χ1n) is 11.2. The molecule has 0 bridgehead atoms. The fourth-order valence-electron chi connectivity index (χ4n) is 3.64. The molecule has 0 spiro atoms. The van der Waals surface area contributed by atoms with Crippen molar-refractivity contribution in [2.24, 2.45) is 15.4 Å². The van der Waals surface area contributed by atoms with E-state index in [1.165, 1.54) is 4.40 Å². The van der Waals surface area contributed by atoms with E-state index in [1.54, 1.807) is 36.5 Å². The Hall–Kier alpha value is -4.02. The molecule has 0 radical (unpaired) electrons. The summed E-state index contributed by atoms with van der Waals surface area (Å²) in [6, 6.07) is 8.02. The minimum absolute atomic E-state index is 0.0993. The molecular weight excluding hydrogens is 523 g/mol. The third-order valence-corrected chi connectivity index (χ3v) is 6.21. The van der Waals surface area contributed by atoms with Gasteiger partial charge in [-0.15, -0.1) is 0 Å². The smallest absolute Gasteiger partial charge is 0.270 e. The highest BCUT2D eigenvalue weighted by molar-refractivity contribution is 6.42. The molecule has 0 saturated carbocycles. The van der Waals surface area contributed by atoms with E-state index in [-0.39, 0.29) is 31.1 Å². The van der Waals surface area contributed by atoms with Crippen LogP contribution in [-0.2, 0) is 13.2 Å². The summed E-state index contributed by atoms with van der Waals surface area (Å²) in [6.07, 6.45) is 3.30. The van der Waals surface area contributed by atoms with Gasteiger partial charge in [0.25, 0.3) is 5.91 Å². The van der Waals surface area contributed by atoms with E-state index in [0.717, 1.165) is 0 Å². The van der Waals surface area contributed by atoms with Gasteiger partial charge in [-0.3, -0.25) is 9.20 Å². The molecule has 2 heterocycles. The van der Waals surface area contributed by atoms with Crippen molar-refractivity contribution in [2.45, 2.75) is 38.5 Å². The summed E-state index contributed by atoms with van der Waals surface area (Å²) in [7, 11) is 0. The number of imidazole rings is 1. The SMILES string of the molecule is [N-]=[N+]=NCCCC[C@H](CN=O)NC(=O)c1c(CN=[N+]=[N-])nc2c(OCc3cccc(Cl)c3Cl)cccn12. The van der Waals surface area contributed by atoms with Crippen LogP contribution in [0, 0.1) is 4.91 Å². The Bertz CT molecular complexity index is 1370. The summed E-state index contributed by atoms with van der Waals surface area (Å²) in [5.41, 5.74) is 18.6. The summed E-state index contributed by atoms with van der Waals surface area (Å²) in [5.74, 6) is -0.154. The molecule has 3 aromatic rings. The quantitative estimate of drug-likeness (QED) is 0.0811. The standard InChI is InChI=1S/C22H22Cl2N10O3/c23-16-7-3-5-14(19(16)24)13-37-18-8-4-10-34-20(17(12-28-33-26)31-21(18)34)22(35)30-15(11-29-36)6-1-2-9-27-32-25/h3-5,7-8,10,15H,1-2,6,9,11-13H2,(H,30,35)/t15-/m1/s1. The van der Waals surface area contributed by atoms with Gasteiger partial charge in [0, 0.05) is 28.1 Å². The largest absolute Gasteiger partial charge is 0.485 e. The van der Waals surface area contributed by atoms with Crippen LogP contribution < -0.4 is 10.1 Å². The summed E-state index contributed by atoms with van der Waals surface area (Å²) in [6.45, 7) is 0.105. The van der Waals surface area contributed by atoms with E-state index in [1.807, 2.05) is 0 Å². The minimum Gasteiger partial charge on any atom is -0.485 e. The molecule has 1 amide bonds. The number of ether oxygens (including phenoxy) is 1. The second-order valence-electron chi connectivity index (χ2n) is 7.80. The Morgan fingerprint density at radius 3 is 2.73 bits per heavy atom. The fraction of sp³-hybridized carbons (Fsp3) is 0.364. The molecule has 3 rings (SSSR count). The van der Waals surface area contributed by atoms with Gasteiger partial charge < -0.3 is 10.1 Å². The van der Waals surface area contributed by atoms with Gasteiger partial charge in [0.2, 0.25) is 0 Å². The van der Waals surface area contributed by atoms with Crippen LogP contribution in [0.25, 0.3) is 26.5 Å². The zero-order valence-corrected chi connectivity index (χ0v) is 21.0. The molecule has 0 unspecified atom stereocenters. The summed E-state index contributed by atoms with van der Waals surface area (Å²) in [4.78, 5) is 34.2. The molecule has 1 aromatic carbocycles. The average molecular weight is 545 g/mol. The van der Waals surface area contributed by atoms with Crippen LogP contribution in [0.15, 0.2) is 51.9 Å². The zero-order chi connectivity index (χ0) is 26.6. The van der Waals surface area contributed by atoms with E-state index in [4.69, 9.17) is 39.0 Å². The predicted molar refractivity (Wildman–Crippen MR) is 139 cm³/mol. The Labute approximate surface area is 221 Å². The van der Waals surface area contributed by atoms with Crippen LogP contribution >= 0.6 is 23.2 Å². The number of halogens is 2. The Morgan fingerprint density at radius 2 is 1.97 bits per heavy atom. The van der Waals surface area contributed by atoms with Gasteiger partial charge in [-0.25, -0.2) is 4.98 Å². The summed E-state index contributed by atoms with van der Waals surface area (Å²) < 4.78 is 7.47. The second-order valence-corrected chi connectivity index (χ2v) is 8.58. The highest BCUT2D eigenvalue weighted by Crippen LogP contribution is 2.28. The first-order valence-corrected chi connectivity index (χ1v) is 11.9. The molecule has 1 N–H and O–H groups in total. The third-order valence-electron chi connectivity index (χ3n) is 5.35. The van der Waals surface area contributed by atoms with Crippen molar-refractivity contribution in [1.82, 2.24) is 14.7 Å². The van der Waals surface area contributed by atoms with Crippen molar-refractivity contribution in [3.05, 3.63) is 89.3 Å². The maximum atomic E-state index is 13.3. The van der Waals surface area contributed by atoms with Crippen LogP contribution in [0.4, 0.5) is 0 Å². The lowest BCUT2D eigenvalue weighted by atomic mass is 10.1. The van der Waals surface area contributed by atoms with Gasteiger partial charge in [-0.05, 0) is 42.1 Å². The number of rotatable bonds is 14. The first-order chi connectivity index (χ1) is 18.0. The Balaban J connectivity index is 1.88. The molecule has 0 aliphatic carbocycles. The number of carbonyl (C=O) groups excluding carboxylic acids is 1. The van der Waals surface area contributed by atoms with Gasteiger partial charge in [0.15, 0.2) is 11.4 Å². The molecule has 15 heteroatoms. The molecule has 37 heavy (non-hydrogen) atoms. The number of nitrogens with one attached hydrogen (secondary N) is 1. The zero-order valence-electron chi connectivity index (χ0n) is 19.5. The second kappa shape index (κ2) is 13.9. The van der Waals surface area contributed by atoms with Crippen LogP contribution in [0.5, 0.6) is 5.75 Å². The molecule has 0 aliphatic rings. The highest BCUT2D eigenvalue weighted by Gasteiger charge is 2.23. The van der Waals surface area contributed by atoms with E-state index < -0.39 is 11.9 Å². The lowest BCUT2D eigenvalue weighted by Crippen LogP contribution is -2.38. The molecule has 192 valence electrons. The number of benzene rings is 1. The lowest BCUT2D eigenvalue weighted by molar-refractivity contribution is 0.0929. The third kappa shape index (κ3) is 7.25. The Morgan fingerprint density at radius 1 is 1.16 bits per heavy atom. The van der Waals surface area contributed by atoms with E-state index in [2.05, 4.69) is 35.5 Å². The molecule has 1 atom stereocenters. The van der Waals surface area contributed by atoms with E-state index >= 15 is 0 Å². The topological polar surface area (TPSA) is 183 Å². The summed E-state index contributed by atoms with van der Waals surface area (Å²) in [5, 5.41) is 13.5. The molecule has 2 aromatic heterocycles. The molecule has 0 aliphatic heterocycles. The number of unbranched alkanes of at least 4 members (excludes halogenated alkanes) is 1. The number of hydrogen-bond acceptors (Lipinski definition) is 7. The molecule has 0 fully saturated rings. The fourth-order valence-corrected chi connectivity index (χ4v) is 4.01. The number of nitrogens with zero attached hydrogens (tertiary/aromatic N) is 9. The van der Waals surface area contributed by atoms with E-state index in [9.17, 15) is 9.70 Å². The van der Waals surface area contributed by atoms with Crippen molar-refractivity contribution in [3.8, 4) is 5.75 Å². The lowest BCUT2D eigenvalue weighted by Gasteiger charge is -2.16. The summed E-state index contributed by atoms with van der Waals surface area (Å²) >= 11 is 12.3. The number of azide groups is 2. The normalized spacial score (nSPS) is 11.3. The number of carbonyl (C=O) groups is 1. The van der Waals surface area contributed by atoms with Gasteiger partial charge in [-0.2, -0.15) is 4.91 Å². The van der Waals surface area contributed by atoms with Gasteiger partial charge in [-0.1, -0.05) is 57.2 Å². The molecule has 0 saturated heterocycles. The van der Waals surface area contributed by atoms with Crippen molar-refractivity contribution in [3.63, 3.8) is 0 Å². The van der Waals surface area contributed by atoms with Crippen LogP contribution in [0.3, 0.4) is 0 Å². The average Bonchev–Trinajstić information content (AvgIpc) is 3.27. The monoisotopic (exact) mass is 544 g/mol. The first kappa shape index (κ1) is 27.6. The minimum atomic E-state index is -0.543. The number of fused-ring (bicyclic) bond motifs is 1. The molecular formula is C22H22Cl2N10O3. The maximum absolute atomic E-state index is 13.3. The number of pyridine rings is 1. The number of amides is 1. The highest BCUT2D eigenvalue weighted by atomic mass is 35.5. The van der Waals surface area contributed by atoms with Crippen LogP contribution in [0.1, 0.15) is 41.0 Å².